The average molecular weight is 344 g/mol. The molecule has 132 valence electrons. The van der Waals surface area contributed by atoms with Crippen molar-refractivity contribution in [2.24, 2.45) is 5.73 Å². The van der Waals surface area contributed by atoms with Crippen molar-refractivity contribution in [2.75, 3.05) is 20.8 Å². The summed E-state index contributed by atoms with van der Waals surface area (Å²) < 4.78 is 15.6. The monoisotopic (exact) mass is 344 g/mol. The first-order valence-corrected chi connectivity index (χ1v) is 7.53. The molecule has 0 atom stereocenters. The molecule has 0 fully saturated rings. The Labute approximate surface area is 145 Å². The Morgan fingerprint density at radius 3 is 2.44 bits per heavy atom. The number of carbonyl (C=O) groups is 2. The van der Waals surface area contributed by atoms with Crippen LogP contribution in [-0.2, 0) is 11.3 Å². The van der Waals surface area contributed by atoms with E-state index in [-0.39, 0.29) is 23.8 Å². The Morgan fingerprint density at radius 1 is 1.04 bits per heavy atom. The van der Waals surface area contributed by atoms with Crippen molar-refractivity contribution in [1.29, 1.82) is 0 Å². The van der Waals surface area contributed by atoms with E-state index in [0.717, 1.165) is 5.56 Å². The predicted octanol–water partition coefficient (Wildman–Crippen LogP) is 1.50. The van der Waals surface area contributed by atoms with Gasteiger partial charge in [-0.15, -0.1) is 0 Å². The first-order valence-electron chi connectivity index (χ1n) is 7.53. The molecule has 2 rings (SSSR count). The number of ether oxygens (including phenoxy) is 3. The van der Waals surface area contributed by atoms with E-state index in [1.165, 1.54) is 19.2 Å². The molecule has 2 amide bonds. The second-order valence-corrected chi connectivity index (χ2v) is 5.14. The SMILES string of the molecule is COc1cccc(CNC(=O)COc2cc(OC)ccc2C(N)=O)c1. The molecule has 2 aromatic rings. The number of rotatable bonds is 8. The molecule has 0 radical (unpaired) electrons. The maximum Gasteiger partial charge on any atom is 0.258 e. The Kier molecular flexibility index (Phi) is 6.22. The predicted molar refractivity (Wildman–Crippen MR) is 91.8 cm³/mol. The molecule has 0 bridgehead atoms. The number of benzene rings is 2. The van der Waals surface area contributed by atoms with Gasteiger partial charge in [0.2, 0.25) is 0 Å². The number of hydrogen-bond donors (Lipinski definition) is 2. The van der Waals surface area contributed by atoms with Crippen LogP contribution < -0.4 is 25.3 Å². The molecular weight excluding hydrogens is 324 g/mol. The zero-order valence-corrected chi connectivity index (χ0v) is 14.1. The zero-order chi connectivity index (χ0) is 18.2. The second kappa shape index (κ2) is 8.58. The van der Waals surface area contributed by atoms with Gasteiger partial charge in [0, 0.05) is 12.6 Å². The fourth-order valence-electron chi connectivity index (χ4n) is 2.13. The van der Waals surface area contributed by atoms with Crippen LogP contribution in [0, 0.1) is 0 Å². The largest absolute Gasteiger partial charge is 0.497 e. The van der Waals surface area contributed by atoms with E-state index in [1.807, 2.05) is 24.3 Å². The number of methoxy groups -OCH3 is 2. The fraction of sp³-hybridized carbons (Fsp3) is 0.222. The van der Waals surface area contributed by atoms with Crippen molar-refractivity contribution in [2.45, 2.75) is 6.54 Å². The van der Waals surface area contributed by atoms with Gasteiger partial charge >= 0.3 is 0 Å². The van der Waals surface area contributed by atoms with Gasteiger partial charge < -0.3 is 25.3 Å². The van der Waals surface area contributed by atoms with E-state index in [1.54, 1.807) is 13.2 Å². The van der Waals surface area contributed by atoms with Gasteiger partial charge in [-0.1, -0.05) is 12.1 Å². The average Bonchev–Trinajstić information content (AvgIpc) is 2.64. The summed E-state index contributed by atoms with van der Waals surface area (Å²) in [5.41, 5.74) is 6.38. The van der Waals surface area contributed by atoms with Crippen LogP contribution in [0.2, 0.25) is 0 Å². The van der Waals surface area contributed by atoms with Crippen LogP contribution in [0.5, 0.6) is 17.2 Å². The van der Waals surface area contributed by atoms with Gasteiger partial charge in [0.25, 0.3) is 11.8 Å². The topological polar surface area (TPSA) is 99.9 Å². The molecule has 0 heterocycles. The van der Waals surface area contributed by atoms with Gasteiger partial charge in [-0.3, -0.25) is 9.59 Å². The van der Waals surface area contributed by atoms with Gasteiger partial charge in [0.15, 0.2) is 6.61 Å². The summed E-state index contributed by atoms with van der Waals surface area (Å²) in [6, 6.07) is 12.0. The molecule has 0 aliphatic rings. The minimum absolute atomic E-state index is 0.182. The van der Waals surface area contributed by atoms with Crippen LogP contribution in [0.1, 0.15) is 15.9 Å². The number of carbonyl (C=O) groups excluding carboxylic acids is 2. The van der Waals surface area contributed by atoms with Crippen LogP contribution in [0.3, 0.4) is 0 Å². The van der Waals surface area contributed by atoms with Crippen LogP contribution in [-0.4, -0.2) is 32.6 Å². The lowest BCUT2D eigenvalue weighted by molar-refractivity contribution is -0.123. The molecule has 2 aromatic carbocycles. The van der Waals surface area contributed by atoms with Crippen LogP contribution in [0.4, 0.5) is 0 Å². The highest BCUT2D eigenvalue weighted by molar-refractivity contribution is 5.96. The lowest BCUT2D eigenvalue weighted by Gasteiger charge is -2.11. The maximum atomic E-state index is 12.0. The van der Waals surface area contributed by atoms with Gasteiger partial charge in [-0.25, -0.2) is 0 Å². The molecule has 3 N–H and O–H groups in total. The van der Waals surface area contributed by atoms with Crippen molar-refractivity contribution in [3.63, 3.8) is 0 Å². The van der Waals surface area contributed by atoms with Gasteiger partial charge in [0.05, 0.1) is 19.8 Å². The van der Waals surface area contributed by atoms with Crippen LogP contribution in [0.15, 0.2) is 42.5 Å². The third-order valence-corrected chi connectivity index (χ3v) is 3.44. The van der Waals surface area contributed by atoms with Crippen LogP contribution >= 0.6 is 0 Å². The number of nitrogens with two attached hydrogens (primary N) is 1. The van der Waals surface area contributed by atoms with Gasteiger partial charge in [0.1, 0.15) is 17.2 Å². The smallest absolute Gasteiger partial charge is 0.258 e. The number of hydrogen-bond acceptors (Lipinski definition) is 5. The van der Waals surface area contributed by atoms with Crippen molar-refractivity contribution >= 4 is 11.8 Å². The number of primary amides is 1. The molecular formula is C18H20N2O5. The van der Waals surface area contributed by atoms with Crippen molar-refractivity contribution in [3.8, 4) is 17.2 Å². The summed E-state index contributed by atoms with van der Waals surface area (Å²) in [7, 11) is 3.07. The van der Waals surface area contributed by atoms with E-state index < -0.39 is 5.91 Å². The van der Waals surface area contributed by atoms with E-state index in [9.17, 15) is 9.59 Å². The molecule has 0 aromatic heterocycles. The zero-order valence-electron chi connectivity index (χ0n) is 14.1. The summed E-state index contributed by atoms with van der Waals surface area (Å²) in [4.78, 5) is 23.4. The quantitative estimate of drug-likeness (QED) is 0.756. The fourth-order valence-corrected chi connectivity index (χ4v) is 2.13. The van der Waals surface area contributed by atoms with Gasteiger partial charge in [-0.05, 0) is 29.8 Å². The third kappa shape index (κ3) is 5.13. The molecule has 0 unspecified atom stereocenters. The standard InChI is InChI=1S/C18H20N2O5/c1-23-13-5-3-4-12(8-13)10-20-17(21)11-25-16-9-14(24-2)6-7-15(16)18(19)22/h3-9H,10-11H2,1-2H3,(H2,19,22)(H,20,21). The van der Waals surface area contributed by atoms with E-state index >= 15 is 0 Å². The Balaban J connectivity index is 1.94. The normalized spacial score (nSPS) is 10.0. The molecule has 0 aliphatic carbocycles. The molecule has 7 heteroatoms. The summed E-state index contributed by atoms with van der Waals surface area (Å²) >= 11 is 0. The number of amides is 2. The lowest BCUT2D eigenvalue weighted by atomic mass is 10.2. The van der Waals surface area contributed by atoms with E-state index in [2.05, 4.69) is 5.32 Å². The molecule has 7 nitrogen and oxygen atoms in total. The minimum Gasteiger partial charge on any atom is -0.497 e. The molecule has 0 saturated carbocycles. The summed E-state index contributed by atoms with van der Waals surface area (Å²) in [6.45, 7) is 0.0809. The second-order valence-electron chi connectivity index (χ2n) is 5.14. The Bertz CT molecular complexity index is 761. The van der Waals surface area contributed by atoms with E-state index in [4.69, 9.17) is 19.9 Å². The van der Waals surface area contributed by atoms with Crippen LogP contribution in [0.25, 0.3) is 0 Å². The van der Waals surface area contributed by atoms with Crippen molar-refractivity contribution < 1.29 is 23.8 Å². The van der Waals surface area contributed by atoms with Crippen molar-refractivity contribution in [1.82, 2.24) is 5.32 Å². The molecule has 0 spiro atoms. The van der Waals surface area contributed by atoms with E-state index in [0.29, 0.717) is 18.0 Å². The summed E-state index contributed by atoms with van der Waals surface area (Å²) in [5.74, 6) is 0.432. The Hall–Kier alpha value is -3.22. The number of nitrogens with one attached hydrogen (secondary N) is 1. The first kappa shape index (κ1) is 18.1. The molecule has 0 saturated heterocycles. The highest BCUT2D eigenvalue weighted by Crippen LogP contribution is 2.24. The molecule has 0 aliphatic heterocycles. The highest BCUT2D eigenvalue weighted by Gasteiger charge is 2.12. The summed E-state index contributed by atoms with van der Waals surface area (Å²) in [5, 5.41) is 2.73. The molecule has 25 heavy (non-hydrogen) atoms. The van der Waals surface area contributed by atoms with Crippen molar-refractivity contribution in [3.05, 3.63) is 53.6 Å². The maximum absolute atomic E-state index is 12.0. The first-order chi connectivity index (χ1) is 12.0. The summed E-state index contributed by atoms with van der Waals surface area (Å²) in [6.07, 6.45) is 0. The lowest BCUT2D eigenvalue weighted by Crippen LogP contribution is -2.28. The highest BCUT2D eigenvalue weighted by atomic mass is 16.5. The van der Waals surface area contributed by atoms with Gasteiger partial charge in [-0.2, -0.15) is 0 Å². The minimum atomic E-state index is -0.644. The Morgan fingerprint density at radius 2 is 1.76 bits per heavy atom. The third-order valence-electron chi connectivity index (χ3n) is 3.44.